The standard InChI is InChI=1S/C18H13BrClN3OS2/c19-15-7-6-14(26-15)17-16(11-3-1-2-8-21-11)22-18(25)23(17)12-9-10(20)4-5-13(12)24/h1-9,16-17,24H,(H,22,25)/t16-,17-/m0/s1. The highest BCUT2D eigenvalue weighted by Crippen LogP contribution is 2.46. The Labute approximate surface area is 173 Å². The predicted octanol–water partition coefficient (Wildman–Crippen LogP) is 5.44. The molecule has 1 saturated heterocycles. The third kappa shape index (κ3) is 3.20. The topological polar surface area (TPSA) is 48.4 Å². The molecule has 8 heteroatoms. The number of phenolic OH excluding ortho intramolecular Hbond substituents is 1. The summed E-state index contributed by atoms with van der Waals surface area (Å²) in [7, 11) is 0. The van der Waals surface area contributed by atoms with E-state index >= 15 is 0 Å². The van der Waals surface area contributed by atoms with Gasteiger partial charge in [-0.15, -0.1) is 11.3 Å². The molecule has 26 heavy (non-hydrogen) atoms. The number of nitrogens with one attached hydrogen (secondary N) is 1. The van der Waals surface area contributed by atoms with Crippen LogP contribution in [0.4, 0.5) is 5.69 Å². The molecule has 132 valence electrons. The van der Waals surface area contributed by atoms with Crippen LogP contribution in [0.15, 0.2) is 58.5 Å². The van der Waals surface area contributed by atoms with E-state index in [-0.39, 0.29) is 17.8 Å². The first-order valence-electron chi connectivity index (χ1n) is 7.79. The van der Waals surface area contributed by atoms with Crippen LogP contribution in [0.25, 0.3) is 0 Å². The first-order chi connectivity index (χ1) is 12.5. The van der Waals surface area contributed by atoms with Crippen LogP contribution < -0.4 is 10.2 Å². The van der Waals surface area contributed by atoms with E-state index in [0.717, 1.165) is 14.4 Å². The number of thiophene rings is 1. The highest BCUT2D eigenvalue weighted by Gasteiger charge is 2.42. The van der Waals surface area contributed by atoms with Crippen molar-refractivity contribution in [3.05, 3.63) is 74.1 Å². The molecule has 0 radical (unpaired) electrons. The van der Waals surface area contributed by atoms with E-state index in [1.54, 1.807) is 35.7 Å². The molecule has 1 aromatic carbocycles. The van der Waals surface area contributed by atoms with Crippen LogP contribution in [-0.4, -0.2) is 15.2 Å². The highest BCUT2D eigenvalue weighted by atomic mass is 79.9. The third-order valence-corrected chi connectivity index (χ3v) is 6.42. The van der Waals surface area contributed by atoms with Crippen molar-refractivity contribution in [2.24, 2.45) is 0 Å². The van der Waals surface area contributed by atoms with Gasteiger partial charge in [0.15, 0.2) is 5.11 Å². The molecule has 2 N–H and O–H groups in total. The summed E-state index contributed by atoms with van der Waals surface area (Å²) in [6.07, 6.45) is 1.76. The Hall–Kier alpha value is -1.67. The molecule has 2 atom stereocenters. The average Bonchev–Trinajstić information content (AvgIpc) is 3.21. The van der Waals surface area contributed by atoms with E-state index in [4.69, 9.17) is 23.8 Å². The van der Waals surface area contributed by atoms with Gasteiger partial charge in [0, 0.05) is 16.1 Å². The fraction of sp³-hybridized carbons (Fsp3) is 0.111. The van der Waals surface area contributed by atoms with E-state index in [0.29, 0.717) is 15.8 Å². The summed E-state index contributed by atoms with van der Waals surface area (Å²) in [4.78, 5) is 7.51. The van der Waals surface area contributed by atoms with Crippen molar-refractivity contribution >= 4 is 61.9 Å². The van der Waals surface area contributed by atoms with Crippen molar-refractivity contribution in [1.29, 1.82) is 0 Å². The maximum atomic E-state index is 10.4. The summed E-state index contributed by atoms with van der Waals surface area (Å²) in [5, 5.41) is 14.8. The zero-order valence-electron chi connectivity index (χ0n) is 13.3. The number of benzene rings is 1. The fourth-order valence-electron chi connectivity index (χ4n) is 3.08. The maximum Gasteiger partial charge on any atom is 0.174 e. The van der Waals surface area contributed by atoms with Crippen LogP contribution in [-0.2, 0) is 0 Å². The Kier molecular flexibility index (Phi) is 4.88. The Morgan fingerprint density at radius 3 is 2.77 bits per heavy atom. The van der Waals surface area contributed by atoms with E-state index < -0.39 is 0 Å². The van der Waals surface area contributed by atoms with Gasteiger partial charge in [0.1, 0.15) is 5.75 Å². The van der Waals surface area contributed by atoms with E-state index in [1.165, 1.54) is 0 Å². The van der Waals surface area contributed by atoms with Crippen LogP contribution in [0, 0.1) is 0 Å². The number of rotatable bonds is 3. The summed E-state index contributed by atoms with van der Waals surface area (Å²) in [6, 6.07) is 14.5. The lowest BCUT2D eigenvalue weighted by Gasteiger charge is -2.27. The van der Waals surface area contributed by atoms with Gasteiger partial charge in [-0.05, 0) is 70.6 Å². The van der Waals surface area contributed by atoms with Crippen LogP contribution in [0.2, 0.25) is 5.02 Å². The van der Waals surface area contributed by atoms with Crippen molar-refractivity contribution in [1.82, 2.24) is 10.3 Å². The smallest absolute Gasteiger partial charge is 0.174 e. The van der Waals surface area contributed by atoms with Gasteiger partial charge in [-0.3, -0.25) is 4.98 Å². The second kappa shape index (κ2) is 7.15. The minimum atomic E-state index is -0.155. The summed E-state index contributed by atoms with van der Waals surface area (Å²) in [5.74, 6) is 0.126. The van der Waals surface area contributed by atoms with Crippen LogP contribution >= 0.6 is 51.1 Å². The monoisotopic (exact) mass is 465 g/mol. The average molecular weight is 467 g/mol. The van der Waals surface area contributed by atoms with Gasteiger partial charge in [0.25, 0.3) is 0 Å². The molecule has 0 saturated carbocycles. The molecule has 0 spiro atoms. The van der Waals surface area contributed by atoms with Gasteiger partial charge in [0.05, 0.1) is 27.3 Å². The summed E-state index contributed by atoms with van der Waals surface area (Å²) < 4.78 is 1.03. The number of aromatic nitrogens is 1. The van der Waals surface area contributed by atoms with Crippen molar-refractivity contribution in [3.8, 4) is 5.75 Å². The number of pyridine rings is 1. The molecule has 4 nitrogen and oxygen atoms in total. The lowest BCUT2D eigenvalue weighted by molar-refractivity contribution is 0.473. The molecule has 3 heterocycles. The van der Waals surface area contributed by atoms with Crippen LogP contribution in [0.5, 0.6) is 5.75 Å². The molecular weight excluding hydrogens is 454 g/mol. The molecule has 0 unspecified atom stereocenters. The van der Waals surface area contributed by atoms with Gasteiger partial charge in [0.2, 0.25) is 0 Å². The highest BCUT2D eigenvalue weighted by molar-refractivity contribution is 9.11. The Balaban J connectivity index is 1.86. The lowest BCUT2D eigenvalue weighted by atomic mass is 10.0. The number of hydrogen-bond acceptors (Lipinski definition) is 4. The van der Waals surface area contributed by atoms with Crippen molar-refractivity contribution < 1.29 is 5.11 Å². The zero-order valence-corrected chi connectivity index (χ0v) is 17.2. The molecule has 1 fully saturated rings. The summed E-state index contributed by atoms with van der Waals surface area (Å²) in [6.45, 7) is 0. The molecule has 4 rings (SSSR count). The van der Waals surface area contributed by atoms with Crippen molar-refractivity contribution in [3.63, 3.8) is 0 Å². The second-order valence-corrected chi connectivity index (χ2v) is 9.09. The number of hydrogen-bond donors (Lipinski definition) is 2. The largest absolute Gasteiger partial charge is 0.506 e. The number of nitrogens with zero attached hydrogens (tertiary/aromatic N) is 2. The third-order valence-electron chi connectivity index (χ3n) is 4.18. The number of thiocarbonyl (C=S) groups is 1. The molecule has 0 aliphatic carbocycles. The van der Waals surface area contributed by atoms with E-state index in [9.17, 15) is 5.11 Å². The second-order valence-electron chi connectivity index (χ2n) is 5.77. The number of aromatic hydroxyl groups is 1. The Morgan fingerprint density at radius 2 is 2.08 bits per heavy atom. The van der Waals surface area contributed by atoms with Crippen LogP contribution in [0.3, 0.4) is 0 Å². The zero-order chi connectivity index (χ0) is 18.3. The van der Waals surface area contributed by atoms with Gasteiger partial charge in [-0.25, -0.2) is 0 Å². The normalized spacial score (nSPS) is 19.6. The molecule has 3 aromatic rings. The van der Waals surface area contributed by atoms with Crippen molar-refractivity contribution in [2.75, 3.05) is 4.90 Å². The molecule has 1 aliphatic heterocycles. The minimum Gasteiger partial charge on any atom is -0.506 e. The SMILES string of the molecule is Oc1ccc(Cl)cc1N1C(=S)N[C@@H](c2ccccn2)[C@@H]1c1ccc(Br)s1. The van der Waals surface area contributed by atoms with Crippen molar-refractivity contribution in [2.45, 2.75) is 12.1 Å². The maximum absolute atomic E-state index is 10.4. The summed E-state index contributed by atoms with van der Waals surface area (Å²) >= 11 is 16.9. The summed E-state index contributed by atoms with van der Waals surface area (Å²) in [5.41, 5.74) is 1.45. The van der Waals surface area contributed by atoms with E-state index in [2.05, 4.69) is 32.3 Å². The Bertz CT molecular complexity index is 966. The molecule has 0 amide bonds. The van der Waals surface area contributed by atoms with Crippen LogP contribution in [0.1, 0.15) is 22.7 Å². The van der Waals surface area contributed by atoms with Gasteiger partial charge < -0.3 is 15.3 Å². The number of halogens is 2. The van der Waals surface area contributed by atoms with Gasteiger partial charge in [-0.2, -0.15) is 0 Å². The minimum absolute atomic E-state index is 0.126. The predicted molar refractivity (Wildman–Crippen MR) is 113 cm³/mol. The van der Waals surface area contributed by atoms with E-state index in [1.807, 2.05) is 29.2 Å². The first kappa shape index (κ1) is 17.7. The molecular formula is C18H13BrClN3OS2. The molecule has 0 bridgehead atoms. The lowest BCUT2D eigenvalue weighted by Crippen LogP contribution is -2.29. The number of anilines is 1. The first-order valence-corrected chi connectivity index (χ1v) is 10.2. The molecule has 1 aliphatic rings. The Morgan fingerprint density at radius 1 is 1.23 bits per heavy atom. The number of phenols is 1. The quantitative estimate of drug-likeness (QED) is 0.503. The molecule has 2 aromatic heterocycles. The fourth-order valence-corrected chi connectivity index (χ4v) is 5.14. The van der Waals surface area contributed by atoms with Gasteiger partial charge >= 0.3 is 0 Å². The van der Waals surface area contributed by atoms with Gasteiger partial charge in [-0.1, -0.05) is 17.7 Å².